The molecule has 0 saturated carbocycles. The number of carbonyl (C=O) groups is 2. The quantitative estimate of drug-likeness (QED) is 0.403. The molecule has 0 aliphatic heterocycles. The molecular weight excluding hydrogens is 456 g/mol. The molecular formula is C25H24N2O6S. The van der Waals surface area contributed by atoms with Crippen molar-refractivity contribution in [1.29, 1.82) is 0 Å². The first kappa shape index (κ1) is 23.5. The number of hydrogen-bond donors (Lipinski definition) is 1. The van der Waals surface area contributed by atoms with Crippen LogP contribution >= 0.6 is 0 Å². The lowest BCUT2D eigenvalue weighted by Crippen LogP contribution is -2.24. The van der Waals surface area contributed by atoms with E-state index < -0.39 is 28.5 Å². The zero-order valence-corrected chi connectivity index (χ0v) is 19.8. The fourth-order valence-corrected chi connectivity index (χ4v) is 4.85. The maximum absolute atomic E-state index is 12.5. The van der Waals surface area contributed by atoms with Crippen LogP contribution in [0.3, 0.4) is 0 Å². The Bertz CT molecular complexity index is 1500. The molecule has 34 heavy (non-hydrogen) atoms. The lowest BCUT2D eigenvalue weighted by Gasteiger charge is -2.15. The number of anilines is 1. The Hall–Kier alpha value is -3.69. The standard InChI is InChI=1S/C25H24N2O6S/c1-16-8-10-19(13-22(16)34(30,31)27(2)3)26-23(28)15-33-24(29)12-18-14-32-21-11-9-17-6-4-5-7-20(17)25(18)21/h4-11,13-14H,12,15H2,1-3H3,(H,26,28). The zero-order chi connectivity index (χ0) is 24.5. The molecule has 0 radical (unpaired) electrons. The van der Waals surface area contributed by atoms with E-state index in [-0.39, 0.29) is 11.3 Å². The number of rotatable bonds is 7. The van der Waals surface area contributed by atoms with Gasteiger partial charge in [-0.05, 0) is 41.5 Å². The van der Waals surface area contributed by atoms with Crippen LogP contribution in [0.1, 0.15) is 11.1 Å². The number of esters is 1. The molecule has 0 atom stereocenters. The minimum absolute atomic E-state index is 0.0515. The van der Waals surface area contributed by atoms with E-state index in [1.54, 1.807) is 19.1 Å². The Morgan fingerprint density at radius 3 is 2.59 bits per heavy atom. The second-order valence-electron chi connectivity index (χ2n) is 8.07. The van der Waals surface area contributed by atoms with E-state index in [1.165, 1.54) is 26.4 Å². The van der Waals surface area contributed by atoms with Gasteiger partial charge in [0, 0.05) is 30.7 Å². The van der Waals surface area contributed by atoms with E-state index in [0.29, 0.717) is 22.4 Å². The summed E-state index contributed by atoms with van der Waals surface area (Å²) in [6.07, 6.45) is 1.47. The minimum atomic E-state index is -3.67. The van der Waals surface area contributed by atoms with E-state index in [4.69, 9.17) is 9.15 Å². The van der Waals surface area contributed by atoms with E-state index >= 15 is 0 Å². The third-order valence-electron chi connectivity index (χ3n) is 5.47. The van der Waals surface area contributed by atoms with Crippen molar-refractivity contribution in [2.45, 2.75) is 18.2 Å². The summed E-state index contributed by atoms with van der Waals surface area (Å²) < 4.78 is 36.8. The van der Waals surface area contributed by atoms with Crippen molar-refractivity contribution in [1.82, 2.24) is 4.31 Å². The molecule has 1 aromatic heterocycles. The van der Waals surface area contributed by atoms with Crippen molar-refractivity contribution in [3.05, 3.63) is 72.0 Å². The van der Waals surface area contributed by atoms with Gasteiger partial charge in [0.25, 0.3) is 5.91 Å². The number of amides is 1. The highest BCUT2D eigenvalue weighted by molar-refractivity contribution is 7.89. The van der Waals surface area contributed by atoms with Gasteiger partial charge in [-0.2, -0.15) is 0 Å². The molecule has 1 heterocycles. The molecule has 176 valence electrons. The molecule has 1 N–H and O–H groups in total. The van der Waals surface area contributed by atoms with Crippen molar-refractivity contribution in [2.75, 3.05) is 26.0 Å². The van der Waals surface area contributed by atoms with Crippen molar-refractivity contribution in [3.63, 3.8) is 0 Å². The number of ether oxygens (including phenoxy) is 1. The average molecular weight is 481 g/mol. The number of benzene rings is 3. The van der Waals surface area contributed by atoms with Crippen LogP contribution in [0.15, 0.2) is 70.2 Å². The molecule has 4 aromatic rings. The normalized spacial score (nSPS) is 11.8. The number of aryl methyl sites for hydroxylation is 1. The predicted octanol–water partition coefficient (Wildman–Crippen LogP) is 3.87. The molecule has 0 spiro atoms. The summed E-state index contributed by atoms with van der Waals surface area (Å²) in [7, 11) is -0.795. The fourth-order valence-electron chi connectivity index (χ4n) is 3.71. The van der Waals surface area contributed by atoms with E-state index in [0.717, 1.165) is 20.5 Å². The molecule has 0 fully saturated rings. The number of nitrogens with zero attached hydrogens (tertiary/aromatic N) is 1. The Balaban J connectivity index is 1.42. The third kappa shape index (κ3) is 4.66. The van der Waals surface area contributed by atoms with Crippen molar-refractivity contribution in [2.24, 2.45) is 0 Å². The van der Waals surface area contributed by atoms with Gasteiger partial charge in [0.2, 0.25) is 10.0 Å². The van der Waals surface area contributed by atoms with Crippen LogP contribution in [0.25, 0.3) is 21.7 Å². The van der Waals surface area contributed by atoms with Crippen LogP contribution in [0.5, 0.6) is 0 Å². The van der Waals surface area contributed by atoms with Crippen LogP contribution in [0, 0.1) is 6.92 Å². The van der Waals surface area contributed by atoms with Gasteiger partial charge in [0.05, 0.1) is 17.6 Å². The summed E-state index contributed by atoms with van der Waals surface area (Å²) in [5.74, 6) is -1.15. The smallest absolute Gasteiger partial charge is 0.310 e. The summed E-state index contributed by atoms with van der Waals surface area (Å²) in [4.78, 5) is 24.8. The van der Waals surface area contributed by atoms with Gasteiger partial charge in [-0.3, -0.25) is 9.59 Å². The van der Waals surface area contributed by atoms with Crippen molar-refractivity contribution >= 4 is 49.3 Å². The Morgan fingerprint density at radius 2 is 1.82 bits per heavy atom. The van der Waals surface area contributed by atoms with Gasteiger partial charge in [-0.25, -0.2) is 12.7 Å². The SMILES string of the molecule is Cc1ccc(NC(=O)COC(=O)Cc2coc3ccc4ccccc4c23)cc1S(=O)(=O)N(C)C. The zero-order valence-electron chi connectivity index (χ0n) is 19.0. The van der Waals surface area contributed by atoms with Crippen LogP contribution in [-0.2, 0) is 30.8 Å². The molecule has 0 unspecified atom stereocenters. The number of carbonyl (C=O) groups excluding carboxylic acids is 2. The first-order valence-electron chi connectivity index (χ1n) is 10.5. The van der Waals surface area contributed by atoms with Crippen molar-refractivity contribution in [3.8, 4) is 0 Å². The van der Waals surface area contributed by atoms with E-state index in [2.05, 4.69) is 5.32 Å². The van der Waals surface area contributed by atoms with Crippen LogP contribution in [0.4, 0.5) is 5.69 Å². The largest absolute Gasteiger partial charge is 0.464 e. The summed E-state index contributed by atoms with van der Waals surface area (Å²) in [5, 5.41) is 5.41. The van der Waals surface area contributed by atoms with Gasteiger partial charge in [0.15, 0.2) is 6.61 Å². The van der Waals surface area contributed by atoms with Gasteiger partial charge < -0.3 is 14.5 Å². The Kier molecular flexibility index (Phi) is 6.41. The highest BCUT2D eigenvalue weighted by Crippen LogP contribution is 2.30. The molecule has 9 heteroatoms. The first-order valence-corrected chi connectivity index (χ1v) is 12.0. The maximum Gasteiger partial charge on any atom is 0.310 e. The highest BCUT2D eigenvalue weighted by atomic mass is 32.2. The second kappa shape index (κ2) is 9.28. The number of sulfonamides is 1. The minimum Gasteiger partial charge on any atom is -0.464 e. The molecule has 0 saturated heterocycles. The van der Waals surface area contributed by atoms with Crippen molar-refractivity contribution < 1.29 is 27.2 Å². The average Bonchev–Trinajstić information content (AvgIpc) is 3.22. The number of fused-ring (bicyclic) bond motifs is 3. The van der Waals surface area contributed by atoms with Gasteiger partial charge >= 0.3 is 5.97 Å². The van der Waals surface area contributed by atoms with Gasteiger partial charge in [-0.1, -0.05) is 36.4 Å². The summed E-state index contributed by atoms with van der Waals surface area (Å²) in [6, 6.07) is 16.2. The van der Waals surface area contributed by atoms with Crippen LogP contribution < -0.4 is 5.32 Å². The summed E-state index contributed by atoms with van der Waals surface area (Å²) in [6.45, 7) is 1.17. The number of nitrogens with one attached hydrogen (secondary N) is 1. The van der Waals surface area contributed by atoms with Gasteiger partial charge in [-0.15, -0.1) is 0 Å². The predicted molar refractivity (Wildman–Crippen MR) is 129 cm³/mol. The molecule has 0 aliphatic carbocycles. The number of hydrogen-bond acceptors (Lipinski definition) is 6. The maximum atomic E-state index is 12.5. The highest BCUT2D eigenvalue weighted by Gasteiger charge is 2.21. The Morgan fingerprint density at radius 1 is 1.06 bits per heavy atom. The van der Waals surface area contributed by atoms with Crippen LogP contribution in [-0.4, -0.2) is 45.3 Å². The third-order valence-corrected chi connectivity index (χ3v) is 7.43. The van der Waals surface area contributed by atoms with Crippen LogP contribution in [0.2, 0.25) is 0 Å². The molecule has 0 aliphatic rings. The second-order valence-corrected chi connectivity index (χ2v) is 10.2. The summed E-state index contributed by atoms with van der Waals surface area (Å²) in [5.41, 5.74) is 2.19. The molecule has 8 nitrogen and oxygen atoms in total. The number of furan rings is 1. The lowest BCUT2D eigenvalue weighted by molar-refractivity contribution is -0.146. The van der Waals surface area contributed by atoms with E-state index in [9.17, 15) is 18.0 Å². The molecule has 0 bridgehead atoms. The first-order chi connectivity index (χ1) is 16.2. The van der Waals surface area contributed by atoms with Gasteiger partial charge in [0.1, 0.15) is 5.58 Å². The van der Waals surface area contributed by atoms with E-state index in [1.807, 2.05) is 36.4 Å². The fraction of sp³-hybridized carbons (Fsp3) is 0.200. The molecule has 1 amide bonds. The lowest BCUT2D eigenvalue weighted by atomic mass is 10.0. The summed E-state index contributed by atoms with van der Waals surface area (Å²) >= 11 is 0. The monoisotopic (exact) mass is 480 g/mol. The molecule has 3 aromatic carbocycles. The molecule has 4 rings (SSSR count). The topological polar surface area (TPSA) is 106 Å². The Labute approximate surface area is 197 Å².